The number of rotatable bonds is 1. The van der Waals surface area contributed by atoms with Gasteiger partial charge in [-0.25, -0.2) is 0 Å². The summed E-state index contributed by atoms with van der Waals surface area (Å²) in [5, 5.41) is 21.1. The molecule has 4 nitrogen and oxygen atoms in total. The van der Waals surface area contributed by atoms with Crippen LogP contribution in [0.4, 0.5) is 0 Å². The third kappa shape index (κ3) is 2.81. The van der Waals surface area contributed by atoms with Crippen LogP contribution in [0.3, 0.4) is 0 Å². The van der Waals surface area contributed by atoms with Crippen LogP contribution in [0.2, 0.25) is 0 Å². The van der Waals surface area contributed by atoms with Crippen molar-refractivity contribution < 1.29 is 23.9 Å². The van der Waals surface area contributed by atoms with E-state index in [1.54, 1.807) is 6.92 Å². The normalized spacial score (nSPS) is 58.6. The van der Waals surface area contributed by atoms with Crippen molar-refractivity contribution >= 4 is 11.8 Å². The molecule has 0 saturated heterocycles. The molecule has 0 radical (unpaired) electrons. The van der Waals surface area contributed by atoms with Crippen LogP contribution in [0.15, 0.2) is 11.6 Å². The molecule has 0 aromatic heterocycles. The summed E-state index contributed by atoms with van der Waals surface area (Å²) in [6, 6.07) is 0. The number of allylic oxidation sites excluding steroid dienone is 2. The molecule has 0 heterocycles. The lowest BCUT2D eigenvalue weighted by Gasteiger charge is -2.70. The quantitative estimate of drug-likeness (QED) is 0.461. The van der Waals surface area contributed by atoms with E-state index < -0.39 is 35.2 Å². The zero-order valence-corrected chi connectivity index (χ0v) is 22.0. The van der Waals surface area contributed by atoms with E-state index in [0.717, 1.165) is 31.3 Å². The molecule has 0 aromatic carbocycles. The predicted molar refractivity (Wildman–Crippen MR) is 133 cm³/mol. The number of aliphatic hydroxyl groups excluding tert-OH is 1. The minimum absolute atomic E-state index is 0.000333. The van der Waals surface area contributed by atoms with E-state index in [2.05, 4.69) is 27.7 Å². The molecule has 190 valence electrons. The van der Waals surface area contributed by atoms with Crippen molar-refractivity contribution in [2.24, 2.45) is 50.2 Å². The van der Waals surface area contributed by atoms with E-state index in [1.807, 2.05) is 13.0 Å². The topological polar surface area (TPSA) is 74.6 Å². The van der Waals surface area contributed by atoms with Crippen molar-refractivity contribution in [1.82, 2.24) is 0 Å². The highest BCUT2D eigenvalue weighted by Gasteiger charge is 2.70. The Bertz CT molecular complexity index is 1070. The summed E-state index contributed by atoms with van der Waals surface area (Å²) in [6.45, 7) is 10.3. The molecular weight excluding hydrogens is 424 g/mol. The highest BCUT2D eigenvalue weighted by Crippen LogP contribution is 2.75. The largest absolute Gasteiger partial charge is 0.481 e. The number of aliphatic carboxylic acids is 1. The molecule has 2 N–H and O–H groups in total. The average molecular weight is 474 g/mol. The number of carbonyl (C=O) groups is 2. The Kier molecular flexibility index (Phi) is 4.31. The second-order valence-corrected chi connectivity index (χ2v) is 14.4. The number of carboxylic acids is 1. The lowest BCUT2D eigenvalue weighted by atomic mass is 9.33. The van der Waals surface area contributed by atoms with E-state index in [1.165, 1.54) is 0 Å². The van der Waals surface area contributed by atoms with Crippen molar-refractivity contribution in [3.8, 4) is 0 Å². The molecule has 0 amide bonds. The number of ketones is 1. The fourth-order valence-corrected chi connectivity index (χ4v) is 10.1. The molecule has 3 unspecified atom stereocenters. The zero-order chi connectivity index (χ0) is 27.6. The molecule has 0 aliphatic heterocycles. The minimum Gasteiger partial charge on any atom is -0.481 e. The van der Waals surface area contributed by atoms with Gasteiger partial charge in [0.15, 0.2) is 5.78 Å². The summed E-state index contributed by atoms with van der Waals surface area (Å²) >= 11 is 0. The van der Waals surface area contributed by atoms with Gasteiger partial charge in [-0.05, 0) is 110 Å². The molecule has 4 saturated carbocycles. The molecular formula is C30H46O4. The maximum Gasteiger partial charge on any atom is 0.309 e. The molecule has 4 fully saturated rings. The van der Waals surface area contributed by atoms with Crippen molar-refractivity contribution in [3.05, 3.63) is 11.6 Å². The van der Waals surface area contributed by atoms with Gasteiger partial charge in [0.25, 0.3) is 0 Å². The van der Waals surface area contributed by atoms with Crippen LogP contribution < -0.4 is 0 Å². The fourth-order valence-electron chi connectivity index (χ4n) is 10.1. The molecule has 0 bridgehead atoms. The zero-order valence-electron chi connectivity index (χ0n) is 25.0. The molecule has 4 heteroatoms. The molecule has 0 aromatic rings. The van der Waals surface area contributed by atoms with Gasteiger partial charge in [-0.1, -0.05) is 47.0 Å². The third-order valence-electron chi connectivity index (χ3n) is 12.7. The van der Waals surface area contributed by atoms with Gasteiger partial charge in [-0.3, -0.25) is 9.59 Å². The van der Waals surface area contributed by atoms with E-state index in [4.69, 9.17) is 4.11 Å². The van der Waals surface area contributed by atoms with Gasteiger partial charge in [0.2, 0.25) is 0 Å². The molecule has 5 aliphatic carbocycles. The first-order chi connectivity index (χ1) is 16.8. The number of carboxylic acid groups (broad SMARTS) is 1. The predicted octanol–water partition coefficient (Wildman–Crippen LogP) is 6.41. The van der Waals surface area contributed by atoms with Gasteiger partial charge in [0.1, 0.15) is 0 Å². The van der Waals surface area contributed by atoms with Crippen LogP contribution in [0.5, 0.6) is 0 Å². The fraction of sp³-hybridized carbons (Fsp3) is 0.867. The summed E-state index contributed by atoms with van der Waals surface area (Å²) in [6.07, 6.45) is 7.54. The van der Waals surface area contributed by atoms with Gasteiger partial charge in [-0.15, -0.1) is 0 Å². The van der Waals surface area contributed by atoms with E-state index in [0.29, 0.717) is 32.1 Å². The Morgan fingerprint density at radius 1 is 1.00 bits per heavy atom. The highest BCUT2D eigenvalue weighted by atomic mass is 16.4. The third-order valence-corrected chi connectivity index (χ3v) is 12.7. The minimum atomic E-state index is -2.31. The summed E-state index contributed by atoms with van der Waals surface area (Å²) in [7, 11) is 0. The first-order valence-corrected chi connectivity index (χ1v) is 13.5. The molecule has 5 aliphatic rings. The van der Waals surface area contributed by atoms with Crippen molar-refractivity contribution in [1.29, 1.82) is 0 Å². The molecule has 5 rings (SSSR count). The molecule has 34 heavy (non-hydrogen) atoms. The van der Waals surface area contributed by atoms with Crippen molar-refractivity contribution in [2.45, 2.75) is 112 Å². The number of hydrogen-bond acceptors (Lipinski definition) is 3. The van der Waals surface area contributed by atoms with E-state index in [-0.39, 0.29) is 39.8 Å². The highest BCUT2D eigenvalue weighted by molar-refractivity contribution is 5.95. The SMILES string of the molecule is [2H]C([2H])([2H])C1(C)C2CC[C@]3(C)C(C(=O)C=C4[C@@H]5C[C@@](C)(C(=O)O)CC[C@]5(C)CC[C@]43C)[C@@]2(C)CC[C@@H]1O. The van der Waals surface area contributed by atoms with Gasteiger partial charge in [0, 0.05) is 10.0 Å². The standard InChI is InChI=1S/C30H46O4/c1-25(2)21-8-11-30(7)23(28(21,5)10-9-22(25)32)20(31)16-18-19-17-27(4,24(33)34)13-12-26(19,3)14-15-29(18,30)6/h16,19,21-23,32H,8-15,17H2,1-7H3,(H,33,34)/t19-,21?,22-,23?,26+,27-,28-,29+,30+/m0/s1/i1D3/t19-,21?,22-,23?,25?,26+,27-,28-,29+,30+. The number of aliphatic hydroxyl groups is 1. The Morgan fingerprint density at radius 2 is 1.68 bits per heavy atom. The van der Waals surface area contributed by atoms with Crippen LogP contribution in [0, 0.1) is 50.2 Å². The van der Waals surface area contributed by atoms with Crippen molar-refractivity contribution in [3.63, 3.8) is 0 Å². The number of hydrogen-bond donors (Lipinski definition) is 2. The summed E-state index contributed by atoms with van der Waals surface area (Å²) in [5.74, 6) is -1.16. The Balaban J connectivity index is 1.63. The first-order valence-electron chi connectivity index (χ1n) is 15.0. The lowest BCUT2D eigenvalue weighted by Crippen LogP contribution is -2.66. The van der Waals surface area contributed by atoms with Crippen LogP contribution in [-0.4, -0.2) is 28.1 Å². The Hall–Kier alpha value is -1.16. The van der Waals surface area contributed by atoms with Gasteiger partial charge in [-0.2, -0.15) is 0 Å². The maximum atomic E-state index is 14.3. The summed E-state index contributed by atoms with van der Waals surface area (Å²) < 4.78 is 25.2. The van der Waals surface area contributed by atoms with Crippen LogP contribution >= 0.6 is 0 Å². The van der Waals surface area contributed by atoms with Gasteiger partial charge < -0.3 is 10.2 Å². The second-order valence-electron chi connectivity index (χ2n) is 14.4. The smallest absolute Gasteiger partial charge is 0.309 e. The Morgan fingerprint density at radius 3 is 2.32 bits per heavy atom. The average Bonchev–Trinajstić information content (AvgIpc) is 2.78. The summed E-state index contributed by atoms with van der Waals surface area (Å²) in [4.78, 5) is 26.6. The number of fused-ring (bicyclic) bond motifs is 7. The molecule has 0 spiro atoms. The monoisotopic (exact) mass is 473 g/mol. The van der Waals surface area contributed by atoms with E-state index >= 15 is 0 Å². The summed E-state index contributed by atoms with van der Waals surface area (Å²) in [5.41, 5.74) is -1.96. The Labute approximate surface area is 210 Å². The van der Waals surface area contributed by atoms with Crippen LogP contribution in [0.25, 0.3) is 0 Å². The number of carbonyl (C=O) groups excluding carboxylic acids is 1. The van der Waals surface area contributed by atoms with Gasteiger partial charge >= 0.3 is 5.97 Å². The second kappa shape index (κ2) is 6.99. The van der Waals surface area contributed by atoms with Gasteiger partial charge in [0.05, 0.1) is 11.5 Å². The maximum absolute atomic E-state index is 14.3. The first kappa shape index (κ1) is 21.0. The van der Waals surface area contributed by atoms with Crippen LogP contribution in [-0.2, 0) is 9.59 Å². The lowest BCUT2D eigenvalue weighted by molar-refractivity contribution is -0.202. The van der Waals surface area contributed by atoms with Crippen molar-refractivity contribution in [2.75, 3.05) is 0 Å². The molecule has 10 atom stereocenters. The van der Waals surface area contributed by atoms with Crippen LogP contribution in [0.1, 0.15) is 110 Å². The van der Waals surface area contributed by atoms with E-state index in [9.17, 15) is 19.8 Å².